The highest BCUT2D eigenvalue weighted by molar-refractivity contribution is 6.02. The molecule has 4 rings (SSSR count). The van der Waals surface area contributed by atoms with E-state index in [0.717, 1.165) is 39.8 Å². The first-order valence-corrected chi connectivity index (χ1v) is 11.7. The van der Waals surface area contributed by atoms with Gasteiger partial charge >= 0.3 is 5.97 Å². The van der Waals surface area contributed by atoms with Gasteiger partial charge in [-0.1, -0.05) is 0 Å². The second-order valence-corrected chi connectivity index (χ2v) is 10.0. The summed E-state index contributed by atoms with van der Waals surface area (Å²) >= 11 is 0. The zero-order valence-electron chi connectivity index (χ0n) is 21.3. The maximum Gasteiger partial charge on any atom is 0.310 e. The van der Waals surface area contributed by atoms with E-state index in [0.29, 0.717) is 35.5 Å². The Morgan fingerprint density at radius 3 is 2.50 bits per heavy atom. The van der Waals surface area contributed by atoms with Crippen molar-refractivity contribution in [2.24, 2.45) is 0 Å². The molecular formula is C27H33FN2O4. The monoisotopic (exact) mass is 468 g/mol. The quantitative estimate of drug-likeness (QED) is 0.489. The molecule has 0 radical (unpaired) electrons. The van der Waals surface area contributed by atoms with Crippen molar-refractivity contribution in [3.63, 3.8) is 0 Å². The van der Waals surface area contributed by atoms with Crippen molar-refractivity contribution >= 4 is 17.0 Å². The fraction of sp³-hybridized carbons (Fsp3) is 0.481. The second-order valence-electron chi connectivity index (χ2n) is 10.0. The number of halogens is 1. The first-order valence-electron chi connectivity index (χ1n) is 11.7. The molecule has 34 heavy (non-hydrogen) atoms. The van der Waals surface area contributed by atoms with Crippen molar-refractivity contribution in [3.05, 3.63) is 39.5 Å². The summed E-state index contributed by atoms with van der Waals surface area (Å²) in [6.45, 7) is 14.0. The molecule has 3 aromatic rings. The van der Waals surface area contributed by atoms with Crippen LogP contribution in [0.3, 0.4) is 0 Å². The van der Waals surface area contributed by atoms with E-state index in [9.17, 15) is 4.79 Å². The Labute approximate surface area is 199 Å². The van der Waals surface area contributed by atoms with Crippen LogP contribution in [0.2, 0.25) is 0 Å². The van der Waals surface area contributed by atoms with Gasteiger partial charge in [-0.15, -0.1) is 0 Å². The number of pyridine rings is 1. The molecular weight excluding hydrogens is 435 g/mol. The Kier molecular flexibility index (Phi) is 6.08. The van der Waals surface area contributed by atoms with E-state index in [-0.39, 0.29) is 23.9 Å². The number of methoxy groups -OCH3 is 1. The van der Waals surface area contributed by atoms with Gasteiger partial charge in [-0.2, -0.15) is 4.39 Å². The van der Waals surface area contributed by atoms with E-state index in [1.165, 1.54) is 7.11 Å². The molecule has 1 aliphatic rings. The summed E-state index contributed by atoms with van der Waals surface area (Å²) in [5, 5.41) is 0.861. The van der Waals surface area contributed by atoms with Crippen molar-refractivity contribution in [1.82, 2.24) is 9.97 Å². The van der Waals surface area contributed by atoms with E-state index in [1.54, 1.807) is 0 Å². The minimum Gasteiger partial charge on any atom is -0.490 e. The van der Waals surface area contributed by atoms with Gasteiger partial charge in [0.2, 0.25) is 5.82 Å². The van der Waals surface area contributed by atoms with Crippen molar-refractivity contribution in [1.29, 1.82) is 0 Å². The first-order chi connectivity index (χ1) is 15.9. The maximum atomic E-state index is 16.1. The Morgan fingerprint density at radius 2 is 1.85 bits per heavy atom. The van der Waals surface area contributed by atoms with Gasteiger partial charge < -0.3 is 19.2 Å². The minimum absolute atomic E-state index is 0.0217. The predicted molar refractivity (Wildman–Crippen MR) is 130 cm³/mol. The van der Waals surface area contributed by atoms with Crippen LogP contribution in [0.25, 0.3) is 22.2 Å². The first kappa shape index (κ1) is 24.0. The molecule has 0 bridgehead atoms. The molecule has 3 heterocycles. The summed E-state index contributed by atoms with van der Waals surface area (Å²) in [5.41, 5.74) is 6.55. The highest BCUT2D eigenvalue weighted by atomic mass is 19.1. The van der Waals surface area contributed by atoms with E-state index >= 15 is 4.39 Å². The lowest BCUT2D eigenvalue weighted by Crippen LogP contribution is -2.25. The molecule has 1 aliphatic heterocycles. The summed E-state index contributed by atoms with van der Waals surface area (Å²) in [6, 6.07) is 0. The number of esters is 1. The summed E-state index contributed by atoms with van der Waals surface area (Å²) in [5.74, 6) is -0.470. The Bertz CT molecular complexity index is 1300. The fourth-order valence-corrected chi connectivity index (χ4v) is 4.78. The lowest BCUT2D eigenvalue weighted by atomic mass is 9.85. The van der Waals surface area contributed by atoms with Crippen LogP contribution in [0.1, 0.15) is 60.8 Å². The number of hydrogen-bond donors (Lipinski definition) is 1. The van der Waals surface area contributed by atoms with Crippen molar-refractivity contribution in [2.75, 3.05) is 13.7 Å². The molecule has 0 atom stereocenters. The number of benzene rings is 1. The van der Waals surface area contributed by atoms with E-state index in [4.69, 9.17) is 19.2 Å². The summed E-state index contributed by atoms with van der Waals surface area (Å²) in [6.07, 6.45) is 1.55. The summed E-state index contributed by atoms with van der Waals surface area (Å²) < 4.78 is 33.2. The number of aromatic nitrogens is 2. The van der Waals surface area contributed by atoms with E-state index in [2.05, 4.69) is 4.98 Å². The average Bonchev–Trinajstić information content (AvgIpc) is 3.05. The number of carbonyl (C=O) groups excluding carboxylic acids is 1. The molecule has 7 heteroatoms. The molecule has 2 aromatic heterocycles. The SMILES string of the molecule is COC(=O)Cc1c(C)nc2[nH]c(C)c(C)c2c1-c1c(C)c2c(c(F)c1OC(C)(C)C)OCCC2. The van der Waals surface area contributed by atoms with Crippen molar-refractivity contribution in [2.45, 2.75) is 73.3 Å². The van der Waals surface area contributed by atoms with Crippen molar-refractivity contribution < 1.29 is 23.4 Å². The average molecular weight is 469 g/mol. The summed E-state index contributed by atoms with van der Waals surface area (Å²) in [4.78, 5) is 20.6. The lowest BCUT2D eigenvalue weighted by molar-refractivity contribution is -0.139. The zero-order valence-corrected chi connectivity index (χ0v) is 21.3. The lowest BCUT2D eigenvalue weighted by Gasteiger charge is -2.30. The molecule has 182 valence electrons. The van der Waals surface area contributed by atoms with Crippen LogP contribution in [-0.2, 0) is 22.4 Å². The third-order valence-corrected chi connectivity index (χ3v) is 6.50. The number of aromatic amines is 1. The number of ether oxygens (including phenoxy) is 3. The zero-order chi connectivity index (χ0) is 24.9. The van der Waals surface area contributed by atoms with Gasteiger partial charge in [0, 0.05) is 33.5 Å². The van der Waals surface area contributed by atoms with Gasteiger partial charge in [0.15, 0.2) is 11.5 Å². The number of hydrogen-bond acceptors (Lipinski definition) is 5. The van der Waals surface area contributed by atoms with Crippen LogP contribution in [0.15, 0.2) is 0 Å². The minimum atomic E-state index is -0.655. The van der Waals surface area contributed by atoms with Crippen LogP contribution in [0, 0.1) is 33.5 Å². The maximum absolute atomic E-state index is 16.1. The Morgan fingerprint density at radius 1 is 1.15 bits per heavy atom. The van der Waals surface area contributed by atoms with Gasteiger partial charge in [-0.3, -0.25) is 4.79 Å². The Hall–Kier alpha value is -3.09. The Balaban J connectivity index is 2.20. The molecule has 1 aromatic carbocycles. The van der Waals surface area contributed by atoms with Crippen LogP contribution in [-0.4, -0.2) is 35.3 Å². The molecule has 0 saturated carbocycles. The van der Waals surface area contributed by atoms with Crippen LogP contribution in [0.4, 0.5) is 4.39 Å². The molecule has 0 aliphatic carbocycles. The highest BCUT2D eigenvalue weighted by Crippen LogP contribution is 2.49. The van der Waals surface area contributed by atoms with Gasteiger partial charge in [0.05, 0.1) is 20.1 Å². The third kappa shape index (κ3) is 4.01. The van der Waals surface area contributed by atoms with Crippen LogP contribution in [0.5, 0.6) is 11.5 Å². The molecule has 0 spiro atoms. The smallest absolute Gasteiger partial charge is 0.310 e. The normalized spacial score (nSPS) is 13.6. The molecule has 6 nitrogen and oxygen atoms in total. The van der Waals surface area contributed by atoms with E-state index in [1.807, 2.05) is 48.5 Å². The molecule has 1 N–H and O–H groups in total. The molecule has 0 unspecified atom stereocenters. The van der Waals surface area contributed by atoms with Gasteiger partial charge in [-0.05, 0) is 78.0 Å². The number of rotatable bonds is 4. The number of aryl methyl sites for hydroxylation is 3. The van der Waals surface area contributed by atoms with E-state index < -0.39 is 11.4 Å². The van der Waals surface area contributed by atoms with Gasteiger partial charge in [0.25, 0.3) is 0 Å². The topological polar surface area (TPSA) is 73.4 Å². The molecule has 0 saturated heterocycles. The second kappa shape index (κ2) is 8.60. The largest absolute Gasteiger partial charge is 0.490 e. The fourth-order valence-electron chi connectivity index (χ4n) is 4.78. The van der Waals surface area contributed by atoms with Crippen molar-refractivity contribution in [3.8, 4) is 22.6 Å². The number of nitrogens with zero attached hydrogens (tertiary/aromatic N) is 1. The number of carbonyl (C=O) groups is 1. The molecule has 0 amide bonds. The van der Waals surface area contributed by atoms with Crippen LogP contribution < -0.4 is 9.47 Å². The number of H-pyrrole nitrogens is 1. The van der Waals surface area contributed by atoms with Crippen LogP contribution >= 0.6 is 0 Å². The predicted octanol–water partition coefficient (Wildman–Crippen LogP) is 5.82. The molecule has 0 fully saturated rings. The number of fused-ring (bicyclic) bond motifs is 2. The third-order valence-electron chi connectivity index (χ3n) is 6.50. The summed E-state index contributed by atoms with van der Waals surface area (Å²) in [7, 11) is 1.37. The highest BCUT2D eigenvalue weighted by Gasteiger charge is 2.33. The van der Waals surface area contributed by atoms with Gasteiger partial charge in [-0.25, -0.2) is 4.98 Å². The standard InChI is InChI=1S/C27H33FN2O4/c1-13-15(3)29-26-21(13)22(18(16(4)30-26)12-19(31)32-8)20-14(2)17-10-9-11-33-24(17)23(28)25(20)34-27(5,6)7/h9-12H2,1-8H3,(H,29,30). The van der Waals surface area contributed by atoms with Gasteiger partial charge in [0.1, 0.15) is 11.2 Å². The number of nitrogens with one attached hydrogen (secondary N) is 1.